The lowest BCUT2D eigenvalue weighted by Gasteiger charge is -2.04. The number of hydrogen-bond donors (Lipinski definition) is 1. The third-order valence-corrected chi connectivity index (χ3v) is 4.95. The molecule has 3 aromatic carbocycles. The fourth-order valence-electron chi connectivity index (χ4n) is 2.71. The van der Waals surface area contributed by atoms with Crippen molar-refractivity contribution in [1.82, 2.24) is 4.98 Å². The van der Waals surface area contributed by atoms with Crippen molar-refractivity contribution in [2.45, 2.75) is 0 Å². The number of anilines is 1. The molecule has 28 heavy (non-hydrogen) atoms. The fraction of sp³-hybridized carbons (Fsp3) is 0. The molecule has 1 aromatic heterocycles. The van der Waals surface area contributed by atoms with E-state index in [-0.39, 0.29) is 22.7 Å². The van der Waals surface area contributed by atoms with Crippen LogP contribution in [0.2, 0.25) is 0 Å². The average Bonchev–Trinajstić information content (AvgIpc) is 3.21. The number of halogens is 2. The SMILES string of the molecule is Br.O=C(Nc1ccccc1F)c1nc(-c2ccc(-c3ccccc3)cc2)cs1. The highest BCUT2D eigenvalue weighted by Crippen LogP contribution is 2.26. The number of aromatic nitrogens is 1. The predicted octanol–water partition coefficient (Wildman–Crippen LogP) is 6.45. The Bertz CT molecular complexity index is 1080. The van der Waals surface area contributed by atoms with Crippen molar-refractivity contribution in [3.8, 4) is 22.4 Å². The summed E-state index contributed by atoms with van der Waals surface area (Å²) in [5.41, 5.74) is 4.06. The van der Waals surface area contributed by atoms with E-state index in [0.717, 1.165) is 22.4 Å². The van der Waals surface area contributed by atoms with Gasteiger partial charge in [-0.2, -0.15) is 0 Å². The van der Waals surface area contributed by atoms with E-state index in [1.165, 1.54) is 23.5 Å². The second-order valence-corrected chi connectivity index (χ2v) is 6.77. The summed E-state index contributed by atoms with van der Waals surface area (Å²) in [5, 5.41) is 4.68. The molecule has 6 heteroatoms. The van der Waals surface area contributed by atoms with E-state index in [4.69, 9.17) is 0 Å². The van der Waals surface area contributed by atoms with Crippen LogP contribution in [0.4, 0.5) is 10.1 Å². The lowest BCUT2D eigenvalue weighted by atomic mass is 10.0. The highest BCUT2D eigenvalue weighted by atomic mass is 79.9. The maximum atomic E-state index is 13.7. The van der Waals surface area contributed by atoms with Crippen LogP contribution in [0, 0.1) is 5.82 Å². The van der Waals surface area contributed by atoms with E-state index in [1.54, 1.807) is 12.1 Å². The molecule has 3 nitrogen and oxygen atoms in total. The van der Waals surface area contributed by atoms with Crippen LogP contribution in [-0.4, -0.2) is 10.9 Å². The number of thiazole rings is 1. The highest BCUT2D eigenvalue weighted by Gasteiger charge is 2.14. The summed E-state index contributed by atoms with van der Waals surface area (Å²) < 4.78 is 13.7. The Hall–Kier alpha value is -2.83. The molecule has 0 spiro atoms. The Labute approximate surface area is 176 Å². The first-order valence-electron chi connectivity index (χ1n) is 8.38. The van der Waals surface area contributed by atoms with Crippen LogP contribution in [0.15, 0.2) is 84.2 Å². The second-order valence-electron chi connectivity index (χ2n) is 5.92. The third-order valence-electron chi connectivity index (χ3n) is 4.11. The van der Waals surface area contributed by atoms with Crippen LogP contribution in [0.5, 0.6) is 0 Å². The summed E-state index contributed by atoms with van der Waals surface area (Å²) >= 11 is 1.23. The molecule has 0 aliphatic rings. The van der Waals surface area contributed by atoms with Crippen LogP contribution in [0.1, 0.15) is 9.80 Å². The molecule has 1 amide bonds. The molecule has 0 fully saturated rings. The molecular formula is C22H16BrFN2OS. The van der Waals surface area contributed by atoms with Gasteiger partial charge in [-0.1, -0.05) is 66.7 Å². The van der Waals surface area contributed by atoms with Crippen molar-refractivity contribution in [3.63, 3.8) is 0 Å². The summed E-state index contributed by atoms with van der Waals surface area (Å²) in [6.45, 7) is 0. The first-order valence-corrected chi connectivity index (χ1v) is 9.26. The van der Waals surface area contributed by atoms with Gasteiger partial charge in [-0.05, 0) is 23.3 Å². The van der Waals surface area contributed by atoms with Crippen LogP contribution < -0.4 is 5.32 Å². The Kier molecular flexibility index (Phi) is 6.34. The fourth-order valence-corrected chi connectivity index (χ4v) is 3.43. The van der Waals surface area contributed by atoms with Gasteiger partial charge in [-0.3, -0.25) is 4.79 Å². The molecule has 0 radical (unpaired) electrons. The molecular weight excluding hydrogens is 439 g/mol. The van der Waals surface area contributed by atoms with Gasteiger partial charge in [0, 0.05) is 10.9 Å². The van der Waals surface area contributed by atoms with Crippen molar-refractivity contribution in [2.75, 3.05) is 5.32 Å². The van der Waals surface area contributed by atoms with Crippen LogP contribution in [0.25, 0.3) is 22.4 Å². The number of carbonyl (C=O) groups is 1. The number of amides is 1. The number of nitrogens with zero attached hydrogens (tertiary/aromatic N) is 1. The minimum absolute atomic E-state index is 0. The van der Waals surface area contributed by atoms with Crippen LogP contribution in [0.3, 0.4) is 0 Å². The van der Waals surface area contributed by atoms with E-state index in [1.807, 2.05) is 47.8 Å². The van der Waals surface area contributed by atoms with Crippen LogP contribution >= 0.6 is 28.3 Å². The molecule has 0 saturated carbocycles. The minimum atomic E-state index is -0.473. The number of rotatable bonds is 4. The van der Waals surface area contributed by atoms with E-state index in [2.05, 4.69) is 22.4 Å². The largest absolute Gasteiger partial charge is 0.317 e. The van der Waals surface area contributed by atoms with Gasteiger partial charge in [-0.25, -0.2) is 9.37 Å². The lowest BCUT2D eigenvalue weighted by Crippen LogP contribution is -2.12. The predicted molar refractivity (Wildman–Crippen MR) is 118 cm³/mol. The van der Waals surface area contributed by atoms with Gasteiger partial charge in [0.05, 0.1) is 11.4 Å². The van der Waals surface area contributed by atoms with Crippen molar-refractivity contribution >= 4 is 39.9 Å². The Balaban J connectivity index is 0.00000225. The van der Waals surface area contributed by atoms with Crippen molar-refractivity contribution < 1.29 is 9.18 Å². The third kappa shape index (κ3) is 4.35. The van der Waals surface area contributed by atoms with Gasteiger partial charge in [0.25, 0.3) is 5.91 Å². The van der Waals surface area contributed by atoms with Gasteiger partial charge in [0.15, 0.2) is 5.01 Å². The molecule has 4 rings (SSSR count). The molecule has 1 N–H and O–H groups in total. The standard InChI is InChI=1S/C22H15FN2OS.BrH/c23-18-8-4-5-9-19(18)24-21(26)22-25-20(14-27-22)17-12-10-16(11-13-17)15-6-2-1-3-7-15;/h1-14H,(H,24,26);1H. The Morgan fingerprint density at radius 1 is 0.821 bits per heavy atom. The lowest BCUT2D eigenvalue weighted by molar-refractivity contribution is 0.102. The van der Waals surface area contributed by atoms with Gasteiger partial charge < -0.3 is 5.32 Å². The zero-order valence-corrected chi connectivity index (χ0v) is 17.2. The molecule has 0 atom stereocenters. The van der Waals surface area contributed by atoms with E-state index >= 15 is 0 Å². The van der Waals surface area contributed by atoms with E-state index < -0.39 is 11.7 Å². The van der Waals surface area contributed by atoms with E-state index in [0.29, 0.717) is 5.01 Å². The summed E-state index contributed by atoms with van der Waals surface area (Å²) in [4.78, 5) is 16.7. The molecule has 1 heterocycles. The first-order chi connectivity index (χ1) is 13.2. The van der Waals surface area contributed by atoms with Gasteiger partial charge in [0.2, 0.25) is 0 Å². The summed E-state index contributed by atoms with van der Waals surface area (Å²) in [5.74, 6) is -0.892. The maximum Gasteiger partial charge on any atom is 0.284 e. The van der Waals surface area contributed by atoms with Gasteiger partial charge >= 0.3 is 0 Å². The van der Waals surface area contributed by atoms with E-state index in [9.17, 15) is 9.18 Å². The first kappa shape index (κ1) is 19.9. The van der Waals surface area contributed by atoms with Crippen molar-refractivity contribution in [1.29, 1.82) is 0 Å². The molecule has 140 valence electrons. The maximum absolute atomic E-state index is 13.7. The van der Waals surface area contributed by atoms with Crippen LogP contribution in [-0.2, 0) is 0 Å². The number of benzene rings is 3. The molecule has 0 unspecified atom stereocenters. The topological polar surface area (TPSA) is 42.0 Å². The average molecular weight is 455 g/mol. The number of nitrogens with one attached hydrogen (secondary N) is 1. The monoisotopic (exact) mass is 454 g/mol. The molecule has 0 aliphatic carbocycles. The van der Waals surface area contributed by atoms with Gasteiger partial charge in [0.1, 0.15) is 5.82 Å². The Morgan fingerprint density at radius 3 is 2.14 bits per heavy atom. The zero-order chi connectivity index (χ0) is 18.6. The van der Waals surface area contributed by atoms with Gasteiger partial charge in [-0.15, -0.1) is 28.3 Å². The molecule has 0 bridgehead atoms. The smallest absolute Gasteiger partial charge is 0.284 e. The summed E-state index contributed by atoms with van der Waals surface area (Å²) in [6, 6.07) is 24.2. The minimum Gasteiger partial charge on any atom is -0.317 e. The second kappa shape index (κ2) is 8.91. The molecule has 4 aromatic rings. The Morgan fingerprint density at radius 2 is 1.43 bits per heavy atom. The van der Waals surface area contributed by atoms with Crippen molar-refractivity contribution in [2.24, 2.45) is 0 Å². The molecule has 0 aliphatic heterocycles. The number of hydrogen-bond acceptors (Lipinski definition) is 3. The zero-order valence-electron chi connectivity index (χ0n) is 14.6. The quantitative estimate of drug-likeness (QED) is 0.385. The number of carbonyl (C=O) groups excluding carboxylic acids is 1. The normalized spacial score (nSPS) is 10.2. The molecule has 0 saturated heterocycles. The summed E-state index contributed by atoms with van der Waals surface area (Å²) in [6.07, 6.45) is 0. The highest BCUT2D eigenvalue weighted by molar-refractivity contribution is 8.93. The van der Waals surface area contributed by atoms with Crippen molar-refractivity contribution in [3.05, 3.63) is 95.1 Å². The summed E-state index contributed by atoms with van der Waals surface area (Å²) in [7, 11) is 0. The number of para-hydroxylation sites is 1.